The van der Waals surface area contributed by atoms with E-state index in [1.807, 2.05) is 84.9 Å². The Morgan fingerprint density at radius 1 is 0.828 bits per heavy atom. The Morgan fingerprint density at radius 2 is 1.48 bits per heavy atom. The van der Waals surface area contributed by atoms with E-state index >= 15 is 0 Å². The molecule has 0 aliphatic rings. The fourth-order valence-electron chi connectivity index (χ4n) is 2.79. The summed E-state index contributed by atoms with van der Waals surface area (Å²) in [6.07, 6.45) is 0.977. The van der Waals surface area contributed by atoms with Crippen molar-refractivity contribution >= 4 is 29.3 Å². The van der Waals surface area contributed by atoms with Gasteiger partial charge in [-0.15, -0.1) is 11.8 Å². The molecule has 148 valence electrons. The molecule has 0 saturated heterocycles. The molecule has 0 aliphatic carbocycles. The summed E-state index contributed by atoms with van der Waals surface area (Å²) < 4.78 is 5.11. The Hall–Kier alpha value is -3.05. The van der Waals surface area contributed by atoms with Crippen molar-refractivity contribution in [2.45, 2.75) is 17.7 Å². The van der Waals surface area contributed by atoms with Crippen LogP contribution in [0.1, 0.15) is 17.5 Å². The van der Waals surface area contributed by atoms with Gasteiger partial charge in [-0.1, -0.05) is 66.7 Å². The minimum absolute atomic E-state index is 0.261. The average Bonchev–Trinajstić information content (AvgIpc) is 2.75. The molecule has 1 amide bonds. The molecule has 0 spiro atoms. The summed E-state index contributed by atoms with van der Waals surface area (Å²) in [4.78, 5) is 25.2. The number of ether oxygens (including phenoxy) is 1. The van der Waals surface area contributed by atoms with Crippen molar-refractivity contribution in [1.29, 1.82) is 0 Å². The molecule has 1 N–H and O–H groups in total. The Kier molecular flexibility index (Phi) is 7.90. The van der Waals surface area contributed by atoms with Crippen LogP contribution in [0.15, 0.2) is 89.8 Å². The largest absolute Gasteiger partial charge is 0.456 e. The van der Waals surface area contributed by atoms with E-state index in [4.69, 9.17) is 4.74 Å². The molecule has 0 saturated carbocycles. The van der Waals surface area contributed by atoms with Crippen molar-refractivity contribution in [3.8, 4) is 0 Å². The number of esters is 1. The third-order valence-corrected chi connectivity index (χ3v) is 5.22. The van der Waals surface area contributed by atoms with Crippen LogP contribution in [0.2, 0.25) is 0 Å². The number of rotatable bonds is 9. The normalized spacial score (nSPS) is 10.3. The van der Waals surface area contributed by atoms with Crippen LogP contribution in [-0.4, -0.2) is 24.2 Å². The molecular weight excluding hydrogens is 382 g/mol. The molecular formula is C24H23NO3S. The standard InChI is InChI=1S/C24H23NO3S/c26-23(18-28-24(27)15-16-29-21-12-5-2-6-13-21)25-22-14-8-7-11-20(22)17-19-9-3-1-4-10-19/h1-14H,15-18H2,(H,25,26). The third kappa shape index (κ3) is 7.12. The highest BCUT2D eigenvalue weighted by molar-refractivity contribution is 7.99. The van der Waals surface area contributed by atoms with Crippen molar-refractivity contribution in [2.75, 3.05) is 17.7 Å². The summed E-state index contributed by atoms with van der Waals surface area (Å²) in [7, 11) is 0. The monoisotopic (exact) mass is 405 g/mol. The molecule has 0 atom stereocenters. The van der Waals surface area contributed by atoms with Gasteiger partial charge in [-0.25, -0.2) is 0 Å². The number of hydrogen-bond acceptors (Lipinski definition) is 4. The van der Waals surface area contributed by atoms with E-state index in [2.05, 4.69) is 5.32 Å². The minimum Gasteiger partial charge on any atom is -0.456 e. The fraction of sp³-hybridized carbons (Fsp3) is 0.167. The van der Waals surface area contributed by atoms with Crippen molar-refractivity contribution < 1.29 is 14.3 Å². The predicted molar refractivity (Wildman–Crippen MR) is 117 cm³/mol. The number of anilines is 1. The predicted octanol–water partition coefficient (Wildman–Crippen LogP) is 4.94. The average molecular weight is 406 g/mol. The van der Waals surface area contributed by atoms with Crippen molar-refractivity contribution in [3.63, 3.8) is 0 Å². The fourth-order valence-corrected chi connectivity index (χ4v) is 3.64. The summed E-state index contributed by atoms with van der Waals surface area (Å²) in [6.45, 7) is -0.283. The molecule has 0 aliphatic heterocycles. The van der Waals surface area contributed by atoms with Crippen molar-refractivity contribution in [2.24, 2.45) is 0 Å². The van der Waals surface area contributed by atoms with Gasteiger partial charge in [-0.05, 0) is 35.7 Å². The molecule has 4 nitrogen and oxygen atoms in total. The number of carbonyl (C=O) groups excluding carboxylic acids is 2. The van der Waals surface area contributed by atoms with Crippen LogP contribution in [0.5, 0.6) is 0 Å². The number of para-hydroxylation sites is 1. The number of carbonyl (C=O) groups is 2. The lowest BCUT2D eigenvalue weighted by atomic mass is 10.0. The smallest absolute Gasteiger partial charge is 0.307 e. The molecule has 0 aromatic heterocycles. The highest BCUT2D eigenvalue weighted by Crippen LogP contribution is 2.19. The van der Waals surface area contributed by atoms with E-state index in [1.54, 1.807) is 11.8 Å². The van der Waals surface area contributed by atoms with Crippen molar-refractivity contribution in [1.82, 2.24) is 0 Å². The topological polar surface area (TPSA) is 55.4 Å². The van der Waals surface area contributed by atoms with Gasteiger partial charge in [0.25, 0.3) is 5.91 Å². The van der Waals surface area contributed by atoms with E-state index in [9.17, 15) is 9.59 Å². The second-order valence-electron chi connectivity index (χ2n) is 6.44. The Morgan fingerprint density at radius 3 is 2.24 bits per heavy atom. The van der Waals surface area contributed by atoms with Gasteiger partial charge in [0.1, 0.15) is 0 Å². The van der Waals surface area contributed by atoms with Gasteiger partial charge in [0.15, 0.2) is 6.61 Å². The summed E-state index contributed by atoms with van der Waals surface area (Å²) in [5.41, 5.74) is 2.91. The lowest BCUT2D eigenvalue weighted by Gasteiger charge is -2.11. The lowest BCUT2D eigenvalue weighted by molar-refractivity contribution is -0.146. The first-order valence-electron chi connectivity index (χ1n) is 9.46. The van der Waals surface area contributed by atoms with Crippen LogP contribution < -0.4 is 5.32 Å². The zero-order chi connectivity index (χ0) is 20.3. The van der Waals surface area contributed by atoms with Gasteiger partial charge < -0.3 is 10.1 Å². The molecule has 0 radical (unpaired) electrons. The second kappa shape index (κ2) is 11.1. The molecule has 29 heavy (non-hydrogen) atoms. The summed E-state index contributed by atoms with van der Waals surface area (Å²) >= 11 is 1.59. The van der Waals surface area contributed by atoms with E-state index in [1.165, 1.54) is 0 Å². The van der Waals surface area contributed by atoms with Gasteiger partial charge in [0.2, 0.25) is 0 Å². The maximum Gasteiger partial charge on any atom is 0.307 e. The van der Waals surface area contributed by atoms with Crippen LogP contribution >= 0.6 is 11.8 Å². The zero-order valence-electron chi connectivity index (χ0n) is 16.0. The molecule has 0 bridgehead atoms. The van der Waals surface area contributed by atoms with E-state index < -0.39 is 0 Å². The van der Waals surface area contributed by atoms with Crippen LogP contribution in [0, 0.1) is 0 Å². The number of amides is 1. The molecule has 3 aromatic rings. The van der Waals surface area contributed by atoms with Crippen LogP contribution in [0.4, 0.5) is 5.69 Å². The van der Waals surface area contributed by atoms with Gasteiger partial charge in [-0.3, -0.25) is 9.59 Å². The summed E-state index contributed by atoms with van der Waals surface area (Å²) in [6, 6.07) is 27.6. The van der Waals surface area contributed by atoms with E-state index in [-0.39, 0.29) is 24.9 Å². The second-order valence-corrected chi connectivity index (χ2v) is 7.61. The number of hydrogen-bond donors (Lipinski definition) is 1. The molecule has 0 heterocycles. The Bertz CT molecular complexity index is 929. The summed E-state index contributed by atoms with van der Waals surface area (Å²) in [5, 5.41) is 2.85. The molecule has 3 aromatic carbocycles. The van der Waals surface area contributed by atoms with E-state index in [0.717, 1.165) is 21.7 Å². The number of nitrogens with one attached hydrogen (secondary N) is 1. The maximum atomic E-state index is 12.2. The van der Waals surface area contributed by atoms with Crippen LogP contribution in [0.25, 0.3) is 0 Å². The van der Waals surface area contributed by atoms with Gasteiger partial charge >= 0.3 is 5.97 Å². The highest BCUT2D eigenvalue weighted by atomic mass is 32.2. The zero-order valence-corrected chi connectivity index (χ0v) is 16.9. The van der Waals surface area contributed by atoms with Crippen LogP contribution in [-0.2, 0) is 20.7 Å². The molecule has 3 rings (SSSR count). The molecule has 0 fully saturated rings. The minimum atomic E-state index is -0.374. The molecule has 0 unspecified atom stereocenters. The lowest BCUT2D eigenvalue weighted by Crippen LogP contribution is -2.21. The number of benzene rings is 3. The first-order valence-corrected chi connectivity index (χ1v) is 10.4. The van der Waals surface area contributed by atoms with Gasteiger partial charge in [0.05, 0.1) is 6.42 Å². The summed E-state index contributed by atoms with van der Waals surface area (Å²) in [5.74, 6) is -0.0968. The third-order valence-electron chi connectivity index (χ3n) is 4.21. The van der Waals surface area contributed by atoms with Crippen molar-refractivity contribution in [3.05, 3.63) is 96.1 Å². The molecule has 5 heteroatoms. The van der Waals surface area contributed by atoms with Gasteiger partial charge in [-0.2, -0.15) is 0 Å². The van der Waals surface area contributed by atoms with Gasteiger partial charge in [0, 0.05) is 16.3 Å². The van der Waals surface area contributed by atoms with Crippen LogP contribution in [0.3, 0.4) is 0 Å². The SMILES string of the molecule is O=C(COC(=O)CCSc1ccccc1)Nc1ccccc1Cc1ccccc1. The first kappa shape index (κ1) is 20.7. The van der Waals surface area contributed by atoms with E-state index in [0.29, 0.717) is 12.2 Å². The first-order chi connectivity index (χ1) is 14.2. The Labute approximate surface area is 175 Å². The Balaban J connectivity index is 1.44. The quantitative estimate of drug-likeness (QED) is 0.405. The highest BCUT2D eigenvalue weighted by Gasteiger charge is 2.10. The number of thioether (sulfide) groups is 1. The maximum absolute atomic E-state index is 12.2.